The summed E-state index contributed by atoms with van der Waals surface area (Å²) in [6.45, 7) is 45.4. The highest BCUT2D eigenvalue weighted by Gasteiger charge is 2.63. The molecule has 0 radical (unpaired) electrons. The van der Waals surface area contributed by atoms with Crippen LogP contribution in [-0.4, -0.2) is 145 Å². The number of ketones is 1. The van der Waals surface area contributed by atoms with Crippen LogP contribution in [0.25, 0.3) is 0 Å². The quantitative estimate of drug-likeness (QED) is 0.0397. The van der Waals surface area contributed by atoms with Crippen molar-refractivity contribution in [2.75, 3.05) is 19.8 Å². The predicted molar refractivity (Wildman–Crippen MR) is 341 cm³/mol. The summed E-state index contributed by atoms with van der Waals surface area (Å²) < 4.78 is 67.8. The van der Waals surface area contributed by atoms with Crippen LogP contribution in [-0.2, 0) is 56.3 Å². The molecule has 1 amide bonds. The van der Waals surface area contributed by atoms with Gasteiger partial charge in [-0.3, -0.25) is 14.5 Å². The Balaban J connectivity index is 1.02. The maximum atomic E-state index is 14.5. The fourth-order valence-electron chi connectivity index (χ4n) is 14.5. The van der Waals surface area contributed by atoms with E-state index in [0.717, 1.165) is 61.2 Å². The van der Waals surface area contributed by atoms with E-state index in [1.54, 1.807) is 0 Å². The number of piperidine rings is 1. The molecule has 0 bridgehead atoms. The second-order valence-corrected chi connectivity index (χ2v) is 45.2. The number of rotatable bonds is 25. The van der Waals surface area contributed by atoms with Crippen molar-refractivity contribution in [1.82, 2.24) is 4.90 Å². The zero-order valence-electron chi connectivity index (χ0n) is 55.9. The van der Waals surface area contributed by atoms with Crippen LogP contribution in [0.5, 0.6) is 0 Å². The number of hydrogen-bond acceptors (Lipinski definition) is 14. The van der Waals surface area contributed by atoms with Gasteiger partial charge in [0.15, 0.2) is 39.7 Å². The molecule has 7 aliphatic heterocycles. The Morgan fingerprint density at radius 1 is 0.894 bits per heavy atom. The molecular formula is C67H115NO14Si3. The van der Waals surface area contributed by atoms with Gasteiger partial charge in [-0.1, -0.05) is 134 Å². The van der Waals surface area contributed by atoms with E-state index in [1.165, 1.54) is 6.92 Å². The van der Waals surface area contributed by atoms with Crippen molar-refractivity contribution in [3.63, 3.8) is 0 Å². The van der Waals surface area contributed by atoms with Gasteiger partial charge < -0.3 is 51.9 Å². The number of ether oxygens (including phenoxy) is 8. The summed E-state index contributed by atoms with van der Waals surface area (Å²) in [5.41, 5.74) is -0.00237. The highest BCUT2D eigenvalue weighted by atomic mass is 28.4. The second-order valence-electron chi connectivity index (χ2n) is 30.1. The van der Waals surface area contributed by atoms with Crippen molar-refractivity contribution in [3.8, 4) is 0 Å². The van der Waals surface area contributed by atoms with Crippen LogP contribution in [0, 0.1) is 35.5 Å². The number of fused-ring (bicyclic) bond motifs is 1. The van der Waals surface area contributed by atoms with Gasteiger partial charge in [-0.15, -0.1) is 0 Å². The van der Waals surface area contributed by atoms with E-state index >= 15 is 0 Å². The van der Waals surface area contributed by atoms with Gasteiger partial charge in [-0.25, -0.2) is 4.79 Å². The first kappa shape index (κ1) is 70.0. The molecule has 0 aliphatic carbocycles. The van der Waals surface area contributed by atoms with Gasteiger partial charge in [0.25, 0.3) is 0 Å². The summed E-state index contributed by atoms with van der Waals surface area (Å²) in [7, 11) is -6.02. The maximum absolute atomic E-state index is 14.5. The number of allylic oxidation sites excluding steroid dienone is 3. The third-order valence-electron chi connectivity index (χ3n) is 20.8. The number of amides is 1. The Kier molecular flexibility index (Phi) is 23.3. The molecular weight excluding hydrogens is 1130 g/mol. The Morgan fingerprint density at radius 3 is 2.26 bits per heavy atom. The van der Waals surface area contributed by atoms with E-state index in [0.29, 0.717) is 77.0 Å². The summed E-state index contributed by atoms with van der Waals surface area (Å²) in [5, 5.41) is 11.8. The van der Waals surface area contributed by atoms with E-state index < -0.39 is 72.3 Å². The molecule has 0 aromatic rings. The lowest BCUT2D eigenvalue weighted by atomic mass is 9.80. The van der Waals surface area contributed by atoms with Crippen LogP contribution in [0.1, 0.15) is 167 Å². The average molecular weight is 1240 g/mol. The highest BCUT2D eigenvalue weighted by Crippen LogP contribution is 2.54. The van der Waals surface area contributed by atoms with Crippen LogP contribution in [0.4, 0.5) is 4.79 Å². The van der Waals surface area contributed by atoms with Gasteiger partial charge >= 0.3 is 12.1 Å². The molecule has 0 saturated carbocycles. The molecule has 7 heterocycles. The lowest BCUT2D eigenvalue weighted by molar-refractivity contribution is -0.365. The molecule has 18 heteroatoms. The minimum absolute atomic E-state index is 0.00989. The number of carbonyl (C=O) groups excluding carboxylic acids is 3. The van der Waals surface area contributed by atoms with Crippen molar-refractivity contribution >= 4 is 42.6 Å². The van der Waals surface area contributed by atoms with Crippen LogP contribution in [0.2, 0.25) is 61.9 Å². The molecule has 15 nitrogen and oxygen atoms in total. The van der Waals surface area contributed by atoms with Crippen LogP contribution < -0.4 is 0 Å². The smallest absolute Gasteiger partial charge is 0.412 e. The minimum atomic E-state index is -2.41. The molecule has 484 valence electrons. The van der Waals surface area contributed by atoms with Gasteiger partial charge in [0, 0.05) is 77.8 Å². The molecule has 0 aromatic heterocycles. The van der Waals surface area contributed by atoms with Gasteiger partial charge in [0.2, 0.25) is 0 Å². The van der Waals surface area contributed by atoms with E-state index in [1.807, 2.05) is 24.0 Å². The first-order valence-electron chi connectivity index (χ1n) is 33.1. The number of likely N-dealkylation sites (tertiary alicyclic amines) is 1. The monoisotopic (exact) mass is 1240 g/mol. The molecule has 5 fully saturated rings. The first-order chi connectivity index (χ1) is 39.7. The Morgan fingerprint density at radius 2 is 1.60 bits per heavy atom. The number of nitrogens with zero attached hydrogens (tertiary/aromatic N) is 1. The van der Waals surface area contributed by atoms with Crippen LogP contribution >= 0.6 is 0 Å². The summed E-state index contributed by atoms with van der Waals surface area (Å²) in [6, 6.07) is 3.89. The Hall–Kier alpha value is -2.50. The van der Waals surface area contributed by atoms with Gasteiger partial charge in [0.1, 0.15) is 18.3 Å². The van der Waals surface area contributed by atoms with E-state index in [-0.39, 0.29) is 77.1 Å². The Labute approximate surface area is 516 Å². The molecule has 7 aliphatic rings. The molecule has 3 spiro atoms. The Bertz CT molecular complexity index is 2370. The van der Waals surface area contributed by atoms with Crippen LogP contribution in [0.15, 0.2) is 48.3 Å². The topological polar surface area (TPSA) is 167 Å². The average Bonchev–Trinajstić information content (AvgIpc) is 1.77. The molecule has 7 rings (SSSR count). The normalized spacial score (nSPS) is 35.0. The largest absolute Gasteiger partial charge is 0.492 e. The van der Waals surface area contributed by atoms with Crippen molar-refractivity contribution in [2.45, 2.75) is 301 Å². The third kappa shape index (κ3) is 16.7. The van der Waals surface area contributed by atoms with E-state index in [2.05, 4.69) is 127 Å². The lowest BCUT2D eigenvalue weighted by Crippen LogP contribution is -2.61. The number of aliphatic hydroxyl groups excluding tert-OH is 1. The maximum Gasteiger partial charge on any atom is 0.412 e. The van der Waals surface area contributed by atoms with Crippen molar-refractivity contribution in [2.24, 2.45) is 35.5 Å². The van der Waals surface area contributed by atoms with E-state index in [4.69, 9.17) is 53.3 Å². The summed E-state index contributed by atoms with van der Waals surface area (Å²) >= 11 is 0. The fraction of sp³-hybridized carbons (Fsp3) is 0.836. The number of unbranched alkanes of at least 4 members (excludes halogenated alkanes) is 1. The number of esters is 1. The summed E-state index contributed by atoms with van der Waals surface area (Å²) in [5.74, 6) is -1.51. The van der Waals surface area contributed by atoms with Crippen molar-refractivity contribution in [3.05, 3.63) is 48.3 Å². The summed E-state index contributed by atoms with van der Waals surface area (Å²) in [4.78, 5) is 41.9. The molecule has 0 aromatic carbocycles. The van der Waals surface area contributed by atoms with Crippen molar-refractivity contribution < 1.29 is 66.2 Å². The zero-order chi connectivity index (χ0) is 62.7. The minimum Gasteiger partial charge on any atom is -0.492 e. The molecule has 85 heavy (non-hydrogen) atoms. The predicted octanol–water partition coefficient (Wildman–Crippen LogP) is 14.6. The standard InChI is InChI=1S/C67H115NO14Si3/c1-20-85(21-2,22-3)80-58-42-66(49(9)35-45(5)43-68(66)63(72)74-33-34-83(15,16)17)79-62(58)57-37-44(4)36-53(75-57)39-48(8)61(81-84(18,19)64(12,13)14)47(7)38-46(6)59(70)60(71)56-41-55-54(76-56)40-50(10)67(78-55)31-30-65(82-67)29-26-28-52(77-65)27-24-23-25-32-73-51(11)69/h24,26-28,36,44-47,49-50,52,54-58,60-62,71H,8,20-23,25,29-35,37-43H2,1-7,9-19H3/b27-24+/t44-,45-,46-,47+,49+,50-,52-,54-,55-,56+,57-,58-,60-,61+,62-,65+,66+,67-/m1/s1. The fourth-order valence-corrected chi connectivity index (χ4v) is 19.4. The molecule has 0 unspecified atom stereocenters. The number of hydrogen-bond donors (Lipinski definition) is 1. The van der Waals surface area contributed by atoms with Gasteiger partial charge in [-0.05, 0) is 110 Å². The van der Waals surface area contributed by atoms with Crippen LogP contribution in [0.3, 0.4) is 0 Å². The number of Topliss-reactive ketones (excluding diaryl/α,β-unsaturated/α-hetero) is 1. The SMILES string of the molecule is C=C(CC1=C[C@@H](C)C[C@H]([C@H]2O[C@@]3(C[C@H]2O[Si](CC)(CC)CC)[C@@H](C)C[C@@H](C)CN3C(=O)OCC[Si](C)(C)C)O1)[C@@H](O[Si](C)(C)C(C)(C)C)[C@@H](C)C[C@@H](C)C(=O)[C@H](O)[C@@H]1C[C@H]2O[C@@]3(CC[C@]4(CC=C[C@@H](/C=C/CCCOC(C)=O)O4)O3)[C@H](C)C[C@H]2O1. The number of aliphatic hydroxyl groups is 1. The highest BCUT2D eigenvalue weighted by molar-refractivity contribution is 6.76. The first-order valence-corrected chi connectivity index (χ1v) is 42.3. The molecule has 18 atom stereocenters. The molecule has 5 saturated heterocycles. The zero-order valence-corrected chi connectivity index (χ0v) is 58.9. The van der Waals surface area contributed by atoms with Crippen molar-refractivity contribution in [1.29, 1.82) is 0 Å². The summed E-state index contributed by atoms with van der Waals surface area (Å²) in [6.07, 6.45) is 13.6. The van der Waals surface area contributed by atoms with Gasteiger partial charge in [-0.2, -0.15) is 0 Å². The third-order valence-corrected chi connectivity index (χ3v) is 31.7. The van der Waals surface area contributed by atoms with Gasteiger partial charge in [0.05, 0.1) is 55.6 Å². The number of carbonyl (C=O) groups is 3. The van der Waals surface area contributed by atoms with E-state index in [9.17, 15) is 19.5 Å². The second kappa shape index (κ2) is 28.3. The lowest BCUT2D eigenvalue weighted by Gasteiger charge is -2.49. The molecule has 1 N–H and O–H groups in total.